The first-order valence-electron chi connectivity index (χ1n) is 10.9. The summed E-state index contributed by atoms with van der Waals surface area (Å²) < 4.78 is 21.3. The van der Waals surface area contributed by atoms with Gasteiger partial charge in [-0.15, -0.1) is 0 Å². The van der Waals surface area contributed by atoms with Crippen LogP contribution in [0.3, 0.4) is 0 Å². The predicted octanol–water partition coefficient (Wildman–Crippen LogP) is 4.15. The van der Waals surface area contributed by atoms with Crippen LogP contribution in [0.4, 0.5) is 0 Å². The van der Waals surface area contributed by atoms with Crippen LogP contribution < -0.4 is 4.74 Å². The van der Waals surface area contributed by atoms with Crippen molar-refractivity contribution in [1.29, 1.82) is 0 Å². The van der Waals surface area contributed by atoms with Crippen LogP contribution in [-0.4, -0.2) is 46.7 Å². The first kappa shape index (κ1) is 21.7. The van der Waals surface area contributed by atoms with Crippen LogP contribution >= 0.6 is 0 Å². The Morgan fingerprint density at radius 3 is 2.65 bits per heavy atom. The molecule has 3 heterocycles. The van der Waals surface area contributed by atoms with E-state index >= 15 is 0 Å². The number of aryl methyl sites for hydroxylation is 1. The topological polar surface area (TPSA) is 108 Å². The molecule has 3 aromatic heterocycles. The summed E-state index contributed by atoms with van der Waals surface area (Å²) in [5.74, 6) is 0.328. The van der Waals surface area contributed by atoms with Crippen LogP contribution in [0.5, 0.6) is 5.75 Å². The minimum Gasteiger partial charge on any atom is -0.497 e. The zero-order chi connectivity index (χ0) is 23.7. The van der Waals surface area contributed by atoms with E-state index in [0.29, 0.717) is 29.1 Å². The van der Waals surface area contributed by atoms with Crippen molar-refractivity contribution in [2.45, 2.75) is 32.4 Å². The molecule has 0 aliphatic heterocycles. The molecular weight excluding hydrogens is 438 g/mol. The summed E-state index contributed by atoms with van der Waals surface area (Å²) in [4.78, 5) is 32.2. The van der Waals surface area contributed by atoms with Crippen molar-refractivity contribution >= 4 is 23.0 Å². The number of carbonyl (C=O) groups excluding carboxylic acids is 2. The third-order valence-corrected chi connectivity index (χ3v) is 5.76. The SMILES string of the molecule is COc1ccc(CN(C(=O)COC(=O)c2cc(-c3ccco3)nc3onc(C)c23)C2CC2)cc1. The number of benzene rings is 1. The summed E-state index contributed by atoms with van der Waals surface area (Å²) in [5.41, 5.74) is 2.31. The van der Waals surface area contributed by atoms with Crippen LogP contribution in [-0.2, 0) is 16.1 Å². The van der Waals surface area contributed by atoms with Gasteiger partial charge in [-0.05, 0) is 55.7 Å². The van der Waals surface area contributed by atoms with Gasteiger partial charge < -0.3 is 23.3 Å². The molecule has 0 N–H and O–H groups in total. The molecule has 0 spiro atoms. The molecule has 0 atom stereocenters. The van der Waals surface area contributed by atoms with Crippen molar-refractivity contribution in [3.63, 3.8) is 0 Å². The van der Waals surface area contributed by atoms with Gasteiger partial charge in [-0.1, -0.05) is 17.3 Å². The van der Waals surface area contributed by atoms with E-state index in [4.69, 9.17) is 18.4 Å². The molecule has 0 bridgehead atoms. The molecule has 1 aromatic carbocycles. The standard InChI is InChI=1S/C25H23N3O6/c1-15-23-19(12-20(21-4-3-11-32-21)26-24(23)34-27-15)25(30)33-14-22(29)28(17-7-8-17)13-16-5-9-18(31-2)10-6-16/h3-6,9-12,17H,7-8,13-14H2,1-2H3. The number of aromatic nitrogens is 2. The van der Waals surface area contributed by atoms with Gasteiger partial charge in [0.15, 0.2) is 12.4 Å². The Kier molecular flexibility index (Phi) is 5.75. The molecule has 5 rings (SSSR count). The number of amides is 1. The average molecular weight is 461 g/mol. The zero-order valence-electron chi connectivity index (χ0n) is 18.8. The zero-order valence-corrected chi connectivity index (χ0v) is 18.8. The first-order valence-corrected chi connectivity index (χ1v) is 10.9. The number of nitrogens with zero attached hydrogens (tertiary/aromatic N) is 3. The number of rotatable bonds is 8. The third-order valence-electron chi connectivity index (χ3n) is 5.76. The van der Waals surface area contributed by atoms with Gasteiger partial charge in [-0.2, -0.15) is 0 Å². The third kappa shape index (κ3) is 4.36. The summed E-state index contributed by atoms with van der Waals surface area (Å²) >= 11 is 0. The fraction of sp³-hybridized carbons (Fsp3) is 0.280. The number of carbonyl (C=O) groups is 2. The van der Waals surface area contributed by atoms with E-state index in [-0.39, 0.29) is 29.8 Å². The van der Waals surface area contributed by atoms with Crippen molar-refractivity contribution in [1.82, 2.24) is 15.0 Å². The number of ether oxygens (including phenoxy) is 2. The lowest BCUT2D eigenvalue weighted by atomic mass is 10.1. The summed E-state index contributed by atoms with van der Waals surface area (Å²) in [5, 5.41) is 4.36. The second-order valence-electron chi connectivity index (χ2n) is 8.16. The molecule has 4 aromatic rings. The van der Waals surface area contributed by atoms with Gasteiger partial charge in [0.05, 0.1) is 30.0 Å². The number of hydrogen-bond donors (Lipinski definition) is 0. The van der Waals surface area contributed by atoms with Crippen molar-refractivity contribution in [2.75, 3.05) is 13.7 Å². The van der Waals surface area contributed by atoms with Crippen molar-refractivity contribution in [2.24, 2.45) is 0 Å². The van der Waals surface area contributed by atoms with E-state index in [9.17, 15) is 9.59 Å². The van der Waals surface area contributed by atoms with Crippen molar-refractivity contribution in [3.05, 3.63) is 65.5 Å². The number of fused-ring (bicyclic) bond motifs is 1. The summed E-state index contributed by atoms with van der Waals surface area (Å²) in [6.45, 7) is 1.79. The molecule has 34 heavy (non-hydrogen) atoms. The fourth-order valence-corrected chi connectivity index (χ4v) is 3.83. The highest BCUT2D eigenvalue weighted by Gasteiger charge is 2.33. The van der Waals surface area contributed by atoms with E-state index in [2.05, 4.69) is 10.1 Å². The average Bonchev–Trinajstić information content (AvgIpc) is 3.40. The lowest BCUT2D eigenvalue weighted by Crippen LogP contribution is -2.36. The highest BCUT2D eigenvalue weighted by Crippen LogP contribution is 2.30. The van der Waals surface area contributed by atoms with Gasteiger partial charge >= 0.3 is 5.97 Å². The first-order chi connectivity index (χ1) is 16.5. The summed E-state index contributed by atoms with van der Waals surface area (Å²) in [6.07, 6.45) is 3.39. The fourth-order valence-electron chi connectivity index (χ4n) is 3.83. The van der Waals surface area contributed by atoms with Crippen molar-refractivity contribution in [3.8, 4) is 17.2 Å². The molecule has 174 valence electrons. The van der Waals surface area contributed by atoms with Crippen LogP contribution in [0.15, 0.2) is 57.7 Å². The molecule has 1 fully saturated rings. The normalized spacial score (nSPS) is 13.1. The van der Waals surface area contributed by atoms with Gasteiger partial charge in [-0.25, -0.2) is 9.78 Å². The van der Waals surface area contributed by atoms with E-state index < -0.39 is 5.97 Å². The van der Waals surface area contributed by atoms with Gasteiger partial charge in [0.1, 0.15) is 11.4 Å². The van der Waals surface area contributed by atoms with Crippen LogP contribution in [0, 0.1) is 6.92 Å². The number of pyridine rings is 1. The predicted molar refractivity (Wildman–Crippen MR) is 121 cm³/mol. The Morgan fingerprint density at radius 1 is 1.18 bits per heavy atom. The second kappa shape index (κ2) is 9.01. The lowest BCUT2D eigenvalue weighted by molar-refractivity contribution is -0.135. The molecular formula is C25H23N3O6. The molecule has 1 aliphatic carbocycles. The van der Waals surface area contributed by atoms with E-state index in [1.54, 1.807) is 37.1 Å². The summed E-state index contributed by atoms with van der Waals surface area (Å²) in [7, 11) is 1.61. The molecule has 1 saturated carbocycles. The van der Waals surface area contributed by atoms with Gasteiger partial charge in [0, 0.05) is 12.6 Å². The molecule has 1 aliphatic rings. The monoisotopic (exact) mass is 461 g/mol. The number of esters is 1. The Labute approximate surface area is 195 Å². The molecule has 9 heteroatoms. The van der Waals surface area contributed by atoms with Crippen LogP contribution in [0.25, 0.3) is 22.6 Å². The quantitative estimate of drug-likeness (QED) is 0.360. The highest BCUT2D eigenvalue weighted by atomic mass is 16.5. The number of furan rings is 1. The second-order valence-corrected chi connectivity index (χ2v) is 8.16. The van der Waals surface area contributed by atoms with E-state index in [1.165, 1.54) is 6.26 Å². The largest absolute Gasteiger partial charge is 0.497 e. The lowest BCUT2D eigenvalue weighted by Gasteiger charge is -2.22. The Morgan fingerprint density at radius 2 is 1.97 bits per heavy atom. The maximum atomic E-state index is 13.0. The number of hydrogen-bond acceptors (Lipinski definition) is 8. The van der Waals surface area contributed by atoms with E-state index in [1.807, 2.05) is 24.3 Å². The smallest absolute Gasteiger partial charge is 0.339 e. The minimum atomic E-state index is -0.653. The Bertz CT molecular complexity index is 1320. The van der Waals surface area contributed by atoms with Gasteiger partial charge in [-0.3, -0.25) is 4.79 Å². The molecule has 0 unspecified atom stereocenters. The molecule has 0 radical (unpaired) electrons. The molecule has 1 amide bonds. The highest BCUT2D eigenvalue weighted by molar-refractivity contribution is 6.04. The van der Waals surface area contributed by atoms with Crippen LogP contribution in [0.2, 0.25) is 0 Å². The Balaban J connectivity index is 1.33. The van der Waals surface area contributed by atoms with E-state index in [0.717, 1.165) is 24.2 Å². The summed E-state index contributed by atoms with van der Waals surface area (Å²) in [6, 6.07) is 12.7. The molecule has 0 saturated heterocycles. The van der Waals surface area contributed by atoms with Crippen LogP contribution in [0.1, 0.15) is 34.5 Å². The molecule has 9 nitrogen and oxygen atoms in total. The Hall–Kier alpha value is -4.14. The number of methoxy groups -OCH3 is 1. The van der Waals surface area contributed by atoms with Gasteiger partial charge in [0.2, 0.25) is 0 Å². The maximum absolute atomic E-state index is 13.0. The maximum Gasteiger partial charge on any atom is 0.339 e. The van der Waals surface area contributed by atoms with Crippen molar-refractivity contribution < 1.29 is 28.0 Å². The van der Waals surface area contributed by atoms with Gasteiger partial charge in [0.25, 0.3) is 11.6 Å². The minimum absolute atomic E-state index is 0.159.